The average Bonchev–Trinajstić information content (AvgIpc) is 3.28. The van der Waals surface area contributed by atoms with Crippen molar-refractivity contribution in [2.45, 2.75) is 31.1 Å². The van der Waals surface area contributed by atoms with Crippen LogP contribution in [-0.2, 0) is 20.7 Å². The van der Waals surface area contributed by atoms with Crippen molar-refractivity contribution < 1.29 is 14.3 Å². The number of hydrogen-bond acceptors (Lipinski definition) is 5. The maximum absolute atomic E-state index is 12.5. The van der Waals surface area contributed by atoms with Crippen LogP contribution in [0.5, 0.6) is 0 Å². The summed E-state index contributed by atoms with van der Waals surface area (Å²) in [6.45, 7) is 2.32. The third-order valence-electron chi connectivity index (χ3n) is 4.85. The van der Waals surface area contributed by atoms with E-state index in [2.05, 4.69) is 10.1 Å². The molecule has 2 fully saturated rings. The smallest absolute Gasteiger partial charge is 0.223 e. The SMILES string of the molecule is O=C(CCc1ccncc1)N1C[C@@H]2OCC(n3cccn3)CO[C@H]2C1. The van der Waals surface area contributed by atoms with Crippen molar-refractivity contribution in [1.29, 1.82) is 0 Å². The number of carbonyl (C=O) groups is 1. The Labute approximate surface area is 146 Å². The van der Waals surface area contributed by atoms with Gasteiger partial charge in [0, 0.05) is 44.3 Å². The first-order chi connectivity index (χ1) is 12.3. The van der Waals surface area contributed by atoms with E-state index in [-0.39, 0.29) is 24.2 Å². The normalized spacial score (nSPS) is 24.1. The Hall–Kier alpha value is -2.25. The van der Waals surface area contributed by atoms with Gasteiger partial charge < -0.3 is 14.4 Å². The summed E-state index contributed by atoms with van der Waals surface area (Å²) in [4.78, 5) is 18.3. The molecule has 4 rings (SSSR count). The summed E-state index contributed by atoms with van der Waals surface area (Å²) in [5.41, 5.74) is 1.13. The van der Waals surface area contributed by atoms with E-state index in [0.29, 0.717) is 32.7 Å². The van der Waals surface area contributed by atoms with E-state index >= 15 is 0 Å². The molecule has 2 aliphatic heterocycles. The summed E-state index contributed by atoms with van der Waals surface area (Å²) in [7, 11) is 0. The van der Waals surface area contributed by atoms with E-state index in [4.69, 9.17) is 9.47 Å². The number of aromatic nitrogens is 3. The lowest BCUT2D eigenvalue weighted by molar-refractivity contribution is -0.131. The molecule has 0 aliphatic carbocycles. The number of pyridine rings is 1. The molecule has 2 aromatic heterocycles. The largest absolute Gasteiger partial charge is 0.371 e. The summed E-state index contributed by atoms with van der Waals surface area (Å²) in [5, 5.41) is 4.26. The van der Waals surface area contributed by atoms with Gasteiger partial charge in [-0.05, 0) is 30.2 Å². The van der Waals surface area contributed by atoms with E-state index in [0.717, 1.165) is 12.0 Å². The predicted octanol–water partition coefficient (Wildman–Crippen LogP) is 1.08. The van der Waals surface area contributed by atoms with Crippen LogP contribution in [0.25, 0.3) is 0 Å². The van der Waals surface area contributed by atoms with Crippen molar-refractivity contribution in [2.24, 2.45) is 0 Å². The number of aryl methyl sites for hydroxylation is 1. The van der Waals surface area contributed by atoms with Crippen LogP contribution < -0.4 is 0 Å². The summed E-state index contributed by atoms with van der Waals surface area (Å²) in [6.07, 6.45) is 8.32. The molecule has 0 N–H and O–H groups in total. The van der Waals surface area contributed by atoms with Crippen LogP contribution in [0.2, 0.25) is 0 Å². The van der Waals surface area contributed by atoms with Crippen LogP contribution in [0.3, 0.4) is 0 Å². The highest BCUT2D eigenvalue weighted by molar-refractivity contribution is 5.77. The standard InChI is InChI=1S/C18H22N4O3/c23-18(3-2-14-4-7-19-8-5-14)21-10-16-17(11-21)25-13-15(12-24-16)22-9-1-6-20-22/h1,4-9,15-17H,2-3,10-13H2/t16-,17-/m0/s1. The minimum Gasteiger partial charge on any atom is -0.371 e. The van der Waals surface area contributed by atoms with Crippen LogP contribution in [0.1, 0.15) is 18.0 Å². The molecule has 1 amide bonds. The molecule has 2 aliphatic rings. The van der Waals surface area contributed by atoms with Gasteiger partial charge in [-0.2, -0.15) is 5.10 Å². The lowest BCUT2D eigenvalue weighted by atomic mass is 10.1. The van der Waals surface area contributed by atoms with Gasteiger partial charge in [0.05, 0.1) is 19.3 Å². The second-order valence-electron chi connectivity index (χ2n) is 6.54. The van der Waals surface area contributed by atoms with E-state index in [1.807, 2.05) is 34.0 Å². The number of amides is 1. The summed E-state index contributed by atoms with van der Waals surface area (Å²) >= 11 is 0. The van der Waals surface area contributed by atoms with E-state index in [1.165, 1.54) is 0 Å². The fourth-order valence-corrected chi connectivity index (χ4v) is 3.39. The first-order valence-corrected chi connectivity index (χ1v) is 8.68. The van der Waals surface area contributed by atoms with E-state index in [9.17, 15) is 4.79 Å². The van der Waals surface area contributed by atoms with Crippen molar-refractivity contribution >= 4 is 5.91 Å². The topological polar surface area (TPSA) is 69.5 Å². The Morgan fingerprint density at radius 3 is 2.48 bits per heavy atom. The van der Waals surface area contributed by atoms with Crippen molar-refractivity contribution in [2.75, 3.05) is 26.3 Å². The highest BCUT2D eigenvalue weighted by atomic mass is 16.6. The number of nitrogens with zero attached hydrogens (tertiary/aromatic N) is 4. The molecule has 2 aromatic rings. The number of rotatable bonds is 4. The third-order valence-corrected chi connectivity index (χ3v) is 4.85. The van der Waals surface area contributed by atoms with Crippen molar-refractivity contribution in [3.05, 3.63) is 48.5 Å². The zero-order valence-electron chi connectivity index (χ0n) is 14.0. The first-order valence-electron chi connectivity index (χ1n) is 8.68. The summed E-state index contributed by atoms with van der Waals surface area (Å²) < 4.78 is 13.9. The molecule has 0 aromatic carbocycles. The minimum absolute atomic E-state index is 0.0505. The Morgan fingerprint density at radius 1 is 1.12 bits per heavy atom. The molecular formula is C18H22N4O3. The Morgan fingerprint density at radius 2 is 1.84 bits per heavy atom. The lowest BCUT2D eigenvalue weighted by Gasteiger charge is -2.19. The van der Waals surface area contributed by atoms with Gasteiger partial charge in [-0.25, -0.2) is 0 Å². The van der Waals surface area contributed by atoms with Crippen molar-refractivity contribution in [3.63, 3.8) is 0 Å². The number of ether oxygens (including phenoxy) is 2. The monoisotopic (exact) mass is 342 g/mol. The molecule has 0 saturated carbocycles. The minimum atomic E-state index is -0.0505. The van der Waals surface area contributed by atoms with Gasteiger partial charge in [0.2, 0.25) is 5.91 Å². The molecule has 7 nitrogen and oxygen atoms in total. The fraction of sp³-hybridized carbons (Fsp3) is 0.500. The average molecular weight is 342 g/mol. The van der Waals surface area contributed by atoms with E-state index in [1.54, 1.807) is 18.6 Å². The molecule has 25 heavy (non-hydrogen) atoms. The second-order valence-corrected chi connectivity index (χ2v) is 6.54. The van der Waals surface area contributed by atoms with Crippen LogP contribution in [0.4, 0.5) is 0 Å². The zero-order chi connectivity index (χ0) is 17.1. The Bertz CT molecular complexity index is 676. The van der Waals surface area contributed by atoms with Gasteiger partial charge in [0.25, 0.3) is 0 Å². The van der Waals surface area contributed by atoms with Gasteiger partial charge >= 0.3 is 0 Å². The fourth-order valence-electron chi connectivity index (χ4n) is 3.39. The Balaban J connectivity index is 1.29. The Kier molecular flexibility index (Phi) is 4.76. The van der Waals surface area contributed by atoms with Gasteiger partial charge in [0.15, 0.2) is 0 Å². The molecule has 0 radical (unpaired) electrons. The van der Waals surface area contributed by atoms with Gasteiger partial charge in [-0.15, -0.1) is 0 Å². The second kappa shape index (κ2) is 7.33. The van der Waals surface area contributed by atoms with Crippen molar-refractivity contribution in [1.82, 2.24) is 19.7 Å². The van der Waals surface area contributed by atoms with Crippen molar-refractivity contribution in [3.8, 4) is 0 Å². The molecule has 2 saturated heterocycles. The molecular weight excluding hydrogens is 320 g/mol. The first kappa shape index (κ1) is 16.2. The molecule has 132 valence electrons. The zero-order valence-corrected chi connectivity index (χ0v) is 14.0. The van der Waals surface area contributed by atoms with Gasteiger partial charge in [-0.1, -0.05) is 0 Å². The molecule has 0 bridgehead atoms. The van der Waals surface area contributed by atoms with Crippen LogP contribution in [-0.4, -0.2) is 64.1 Å². The predicted molar refractivity (Wildman–Crippen MR) is 89.9 cm³/mol. The number of carbonyl (C=O) groups excluding carboxylic acids is 1. The molecule has 0 spiro atoms. The lowest BCUT2D eigenvalue weighted by Crippen LogP contribution is -2.31. The maximum atomic E-state index is 12.5. The van der Waals surface area contributed by atoms with Gasteiger partial charge in [0.1, 0.15) is 12.2 Å². The van der Waals surface area contributed by atoms with Crippen LogP contribution >= 0.6 is 0 Å². The summed E-state index contributed by atoms with van der Waals surface area (Å²) in [5.74, 6) is 0.153. The molecule has 2 atom stereocenters. The highest BCUT2D eigenvalue weighted by Crippen LogP contribution is 2.24. The van der Waals surface area contributed by atoms with Gasteiger partial charge in [-0.3, -0.25) is 14.5 Å². The highest BCUT2D eigenvalue weighted by Gasteiger charge is 2.39. The quantitative estimate of drug-likeness (QED) is 0.832. The number of likely N-dealkylation sites (tertiary alicyclic amines) is 1. The molecule has 0 unspecified atom stereocenters. The number of fused-ring (bicyclic) bond motifs is 1. The number of hydrogen-bond donors (Lipinski definition) is 0. The molecule has 4 heterocycles. The van der Waals surface area contributed by atoms with Crippen LogP contribution in [0.15, 0.2) is 43.0 Å². The summed E-state index contributed by atoms with van der Waals surface area (Å²) in [6, 6.07) is 5.89. The van der Waals surface area contributed by atoms with Crippen LogP contribution in [0, 0.1) is 0 Å². The third kappa shape index (κ3) is 3.72. The van der Waals surface area contributed by atoms with E-state index < -0.39 is 0 Å². The molecule has 7 heteroatoms. The maximum Gasteiger partial charge on any atom is 0.223 e.